The summed E-state index contributed by atoms with van der Waals surface area (Å²) in [5, 5.41) is 9.92. The highest BCUT2D eigenvalue weighted by Crippen LogP contribution is 2.24. The monoisotopic (exact) mass is 268 g/mol. The fraction of sp³-hybridized carbons (Fsp3) is 0.385. The molecular weight excluding hydrogens is 256 g/mol. The molecule has 0 bridgehead atoms. The Labute approximate surface area is 110 Å². The van der Waals surface area contributed by atoms with Crippen LogP contribution in [0.2, 0.25) is 5.02 Å². The molecule has 0 unspecified atom stereocenters. The highest BCUT2D eigenvalue weighted by Gasteiger charge is 2.27. The summed E-state index contributed by atoms with van der Waals surface area (Å²) in [7, 11) is 0. The summed E-state index contributed by atoms with van der Waals surface area (Å²) in [5.41, 5.74) is 0.0257. The van der Waals surface area contributed by atoms with E-state index in [0.717, 1.165) is 12.8 Å². The summed E-state index contributed by atoms with van der Waals surface area (Å²) in [4.78, 5) is 23.4. The van der Waals surface area contributed by atoms with Gasteiger partial charge in [0, 0.05) is 11.4 Å². The van der Waals surface area contributed by atoms with Gasteiger partial charge in [0.1, 0.15) is 11.3 Å². The van der Waals surface area contributed by atoms with Crippen LogP contribution in [-0.2, 0) is 9.53 Å². The second kappa shape index (κ2) is 5.40. The third-order valence-electron chi connectivity index (χ3n) is 2.93. The number of benzene rings is 1. The van der Waals surface area contributed by atoms with E-state index in [1.807, 2.05) is 0 Å². The molecule has 4 nitrogen and oxygen atoms in total. The number of ether oxygens (including phenoxy) is 1. The standard InChI is InChI=1S/C13H13ClO4/c14-8-5-6-9(11(16)7-8)13(17)18-12-4-2-1-3-10(12)15/h5-7,12,16H,1-4H2/t12-/m1/s1. The molecule has 1 aromatic rings. The molecule has 0 saturated heterocycles. The van der Waals surface area contributed by atoms with E-state index < -0.39 is 12.1 Å². The number of rotatable bonds is 2. The number of aromatic hydroxyl groups is 1. The van der Waals surface area contributed by atoms with Crippen LogP contribution in [0.5, 0.6) is 5.75 Å². The fourth-order valence-corrected chi connectivity index (χ4v) is 2.11. The van der Waals surface area contributed by atoms with E-state index in [2.05, 4.69) is 0 Å². The summed E-state index contributed by atoms with van der Waals surface area (Å²) in [6.07, 6.45) is 2.04. The van der Waals surface area contributed by atoms with Gasteiger partial charge >= 0.3 is 5.97 Å². The van der Waals surface area contributed by atoms with E-state index in [1.54, 1.807) is 0 Å². The van der Waals surface area contributed by atoms with Crippen molar-refractivity contribution >= 4 is 23.4 Å². The third-order valence-corrected chi connectivity index (χ3v) is 3.16. The van der Waals surface area contributed by atoms with Crippen LogP contribution in [0.1, 0.15) is 36.0 Å². The molecule has 2 rings (SSSR count). The van der Waals surface area contributed by atoms with Crippen molar-refractivity contribution in [2.24, 2.45) is 0 Å². The minimum Gasteiger partial charge on any atom is -0.507 e. The quantitative estimate of drug-likeness (QED) is 0.838. The van der Waals surface area contributed by atoms with E-state index in [0.29, 0.717) is 17.9 Å². The molecule has 0 amide bonds. The number of carbonyl (C=O) groups excluding carboxylic acids is 2. The van der Waals surface area contributed by atoms with Gasteiger partial charge in [0.05, 0.1) is 0 Å². The Bertz CT molecular complexity index is 484. The predicted octanol–water partition coefficient (Wildman–Crippen LogP) is 2.71. The number of hydrogen-bond acceptors (Lipinski definition) is 4. The minimum atomic E-state index is -0.690. The first-order valence-electron chi connectivity index (χ1n) is 5.80. The van der Waals surface area contributed by atoms with Gasteiger partial charge in [-0.2, -0.15) is 0 Å². The Balaban J connectivity index is 2.09. The zero-order chi connectivity index (χ0) is 13.1. The lowest BCUT2D eigenvalue weighted by Gasteiger charge is -2.20. The van der Waals surface area contributed by atoms with Gasteiger partial charge in [0.25, 0.3) is 0 Å². The number of ketones is 1. The summed E-state index contributed by atoms with van der Waals surface area (Å²) in [6, 6.07) is 4.13. The van der Waals surface area contributed by atoms with Gasteiger partial charge in [0.2, 0.25) is 0 Å². The number of Topliss-reactive ketones (excluding diaryl/α,β-unsaturated/α-hetero) is 1. The smallest absolute Gasteiger partial charge is 0.342 e. The Morgan fingerprint density at radius 1 is 1.39 bits per heavy atom. The van der Waals surface area contributed by atoms with Crippen molar-refractivity contribution in [3.63, 3.8) is 0 Å². The molecule has 0 radical (unpaired) electrons. The molecule has 0 aliphatic heterocycles. The zero-order valence-corrected chi connectivity index (χ0v) is 10.4. The van der Waals surface area contributed by atoms with Crippen LogP contribution in [0.15, 0.2) is 18.2 Å². The summed E-state index contributed by atoms with van der Waals surface area (Å²) < 4.78 is 5.12. The Hall–Kier alpha value is -1.55. The van der Waals surface area contributed by atoms with Gasteiger partial charge in [-0.25, -0.2) is 4.79 Å². The molecule has 18 heavy (non-hydrogen) atoms. The van der Waals surface area contributed by atoms with Crippen LogP contribution in [0.25, 0.3) is 0 Å². The predicted molar refractivity (Wildman–Crippen MR) is 65.8 cm³/mol. The molecule has 1 N–H and O–H groups in total. The number of phenols is 1. The lowest BCUT2D eigenvalue weighted by molar-refractivity contribution is -0.129. The molecule has 1 aromatic carbocycles. The third kappa shape index (κ3) is 2.82. The van der Waals surface area contributed by atoms with Crippen LogP contribution in [-0.4, -0.2) is 23.0 Å². The van der Waals surface area contributed by atoms with E-state index in [9.17, 15) is 14.7 Å². The van der Waals surface area contributed by atoms with Gasteiger partial charge in [-0.3, -0.25) is 4.79 Å². The second-order valence-electron chi connectivity index (χ2n) is 4.27. The zero-order valence-electron chi connectivity index (χ0n) is 9.69. The lowest BCUT2D eigenvalue weighted by Crippen LogP contribution is -2.30. The Morgan fingerprint density at radius 3 is 2.83 bits per heavy atom. The fourth-order valence-electron chi connectivity index (χ4n) is 1.95. The van der Waals surface area contributed by atoms with Gasteiger partial charge in [-0.05, 0) is 37.5 Å². The number of carbonyl (C=O) groups is 2. The van der Waals surface area contributed by atoms with Crippen LogP contribution in [0.4, 0.5) is 0 Å². The molecule has 1 aliphatic carbocycles. The highest BCUT2D eigenvalue weighted by atomic mass is 35.5. The van der Waals surface area contributed by atoms with Crippen molar-refractivity contribution in [1.29, 1.82) is 0 Å². The number of halogens is 1. The summed E-state index contributed by atoms with van der Waals surface area (Å²) in [6.45, 7) is 0. The first-order valence-corrected chi connectivity index (χ1v) is 6.18. The maximum absolute atomic E-state index is 11.8. The number of esters is 1. The van der Waals surface area contributed by atoms with E-state index in [1.165, 1.54) is 18.2 Å². The van der Waals surface area contributed by atoms with Crippen molar-refractivity contribution < 1.29 is 19.4 Å². The lowest BCUT2D eigenvalue weighted by atomic mass is 9.96. The van der Waals surface area contributed by atoms with Crippen molar-refractivity contribution in [3.8, 4) is 5.75 Å². The normalized spacial score (nSPS) is 19.6. The summed E-state index contributed by atoms with van der Waals surface area (Å²) in [5.74, 6) is -0.983. The first-order chi connectivity index (χ1) is 8.58. The SMILES string of the molecule is O=C(O[C@@H]1CCCCC1=O)c1ccc(Cl)cc1O. The molecule has 0 aromatic heterocycles. The van der Waals surface area contributed by atoms with Crippen molar-refractivity contribution in [3.05, 3.63) is 28.8 Å². The molecule has 96 valence electrons. The number of hydrogen-bond donors (Lipinski definition) is 1. The maximum atomic E-state index is 11.8. The summed E-state index contributed by atoms with van der Waals surface area (Å²) >= 11 is 5.67. The largest absolute Gasteiger partial charge is 0.507 e. The van der Waals surface area contributed by atoms with Crippen LogP contribution in [0, 0.1) is 0 Å². The molecule has 1 saturated carbocycles. The molecule has 0 spiro atoms. The minimum absolute atomic E-state index is 0.0257. The van der Waals surface area contributed by atoms with Gasteiger partial charge < -0.3 is 9.84 Å². The van der Waals surface area contributed by atoms with Crippen LogP contribution < -0.4 is 0 Å². The Morgan fingerprint density at radius 2 is 2.17 bits per heavy atom. The van der Waals surface area contributed by atoms with Crippen molar-refractivity contribution in [2.45, 2.75) is 31.8 Å². The van der Waals surface area contributed by atoms with Crippen LogP contribution >= 0.6 is 11.6 Å². The average molecular weight is 269 g/mol. The van der Waals surface area contributed by atoms with E-state index in [4.69, 9.17) is 16.3 Å². The first kappa shape index (κ1) is 12.9. The van der Waals surface area contributed by atoms with E-state index in [-0.39, 0.29) is 17.1 Å². The molecule has 1 atom stereocenters. The molecule has 1 aliphatic rings. The molecule has 1 fully saturated rings. The van der Waals surface area contributed by atoms with Crippen molar-refractivity contribution in [1.82, 2.24) is 0 Å². The van der Waals surface area contributed by atoms with Crippen LogP contribution in [0.3, 0.4) is 0 Å². The highest BCUT2D eigenvalue weighted by molar-refractivity contribution is 6.30. The maximum Gasteiger partial charge on any atom is 0.342 e. The average Bonchev–Trinajstić information content (AvgIpc) is 2.32. The van der Waals surface area contributed by atoms with Crippen molar-refractivity contribution in [2.75, 3.05) is 0 Å². The number of phenolic OH excluding ortho intramolecular Hbond substituents is 1. The molecule has 5 heteroatoms. The second-order valence-corrected chi connectivity index (χ2v) is 4.70. The Kier molecular flexibility index (Phi) is 3.87. The topological polar surface area (TPSA) is 63.6 Å². The van der Waals surface area contributed by atoms with Gasteiger partial charge in [0.15, 0.2) is 11.9 Å². The van der Waals surface area contributed by atoms with Gasteiger partial charge in [-0.1, -0.05) is 11.6 Å². The molecule has 0 heterocycles. The van der Waals surface area contributed by atoms with E-state index >= 15 is 0 Å². The molecular formula is C13H13ClO4. The van der Waals surface area contributed by atoms with Gasteiger partial charge in [-0.15, -0.1) is 0 Å².